The second-order valence-corrected chi connectivity index (χ2v) is 7.97. The molecule has 13 heteroatoms. The lowest BCUT2D eigenvalue weighted by Gasteiger charge is -2.34. The fraction of sp³-hybridized carbons (Fsp3) is 0.409. The van der Waals surface area contributed by atoms with Crippen LogP contribution in [0.5, 0.6) is 0 Å². The molecule has 0 saturated carbocycles. The van der Waals surface area contributed by atoms with Gasteiger partial charge in [0.05, 0.1) is 36.8 Å². The number of nitrogens with zero attached hydrogens (tertiary/aromatic N) is 5. The van der Waals surface area contributed by atoms with E-state index in [2.05, 4.69) is 20.2 Å². The summed E-state index contributed by atoms with van der Waals surface area (Å²) in [6.07, 6.45) is -1.03. The van der Waals surface area contributed by atoms with Crippen LogP contribution in [-0.2, 0) is 22.1 Å². The van der Waals surface area contributed by atoms with E-state index in [0.717, 1.165) is 18.5 Å². The molecule has 1 fully saturated rings. The fourth-order valence-electron chi connectivity index (χ4n) is 3.83. The number of carbonyl (C=O) groups excluding carboxylic acids is 1. The zero-order valence-corrected chi connectivity index (χ0v) is 18.5. The number of H-pyrrole nitrogens is 1. The highest BCUT2D eigenvalue weighted by Gasteiger charge is 2.32. The third kappa shape index (κ3) is 5.91. The van der Waals surface area contributed by atoms with Crippen molar-refractivity contribution in [2.75, 3.05) is 44.3 Å². The minimum Gasteiger partial charge on any atom is -0.381 e. The number of amides is 1. The maximum absolute atomic E-state index is 13.8. The quantitative estimate of drug-likeness (QED) is 0.397. The van der Waals surface area contributed by atoms with Crippen molar-refractivity contribution < 1.29 is 27.1 Å². The molecule has 0 spiro atoms. The van der Waals surface area contributed by atoms with E-state index in [-0.39, 0.29) is 36.9 Å². The lowest BCUT2D eigenvalue weighted by molar-refractivity contribution is -0.138. The van der Waals surface area contributed by atoms with Gasteiger partial charge in [0.25, 0.3) is 5.56 Å². The second-order valence-electron chi connectivity index (χ2n) is 7.97. The van der Waals surface area contributed by atoms with Gasteiger partial charge >= 0.3 is 6.18 Å². The Morgan fingerprint density at radius 1 is 1.03 bits per heavy atom. The molecular weight excluding hydrogens is 472 g/mol. The molecular formula is C22H22F4N6O3. The highest BCUT2D eigenvalue weighted by atomic mass is 19.4. The number of carbonyl (C=O) groups is 1. The number of rotatable bonds is 7. The molecule has 1 aromatic carbocycles. The Bertz CT molecular complexity index is 1240. The van der Waals surface area contributed by atoms with Crippen molar-refractivity contribution in [3.63, 3.8) is 0 Å². The van der Waals surface area contributed by atoms with Crippen LogP contribution in [0.3, 0.4) is 0 Å². The van der Waals surface area contributed by atoms with E-state index in [1.165, 1.54) is 12.3 Å². The number of alkyl halides is 3. The van der Waals surface area contributed by atoms with Crippen molar-refractivity contribution in [1.82, 2.24) is 25.1 Å². The molecule has 2 aromatic heterocycles. The number of hydrogen-bond acceptors (Lipinski definition) is 7. The Labute approximate surface area is 196 Å². The van der Waals surface area contributed by atoms with Gasteiger partial charge in [-0.3, -0.25) is 9.59 Å². The van der Waals surface area contributed by atoms with Crippen LogP contribution in [0, 0.1) is 5.82 Å². The number of fused-ring (bicyclic) bond motifs is 1. The van der Waals surface area contributed by atoms with Crippen LogP contribution >= 0.6 is 0 Å². The zero-order chi connectivity index (χ0) is 25.0. The summed E-state index contributed by atoms with van der Waals surface area (Å²) in [7, 11) is 0. The van der Waals surface area contributed by atoms with Gasteiger partial charge in [0, 0.05) is 44.0 Å². The summed E-state index contributed by atoms with van der Waals surface area (Å²) in [5.41, 5.74) is -0.794. The number of aromatic amines is 1. The summed E-state index contributed by atoms with van der Waals surface area (Å²) < 4.78 is 57.4. The van der Waals surface area contributed by atoms with Crippen molar-refractivity contribution in [2.24, 2.45) is 0 Å². The number of piperazine rings is 1. The Hall–Kier alpha value is -3.61. The molecule has 3 heterocycles. The van der Waals surface area contributed by atoms with Gasteiger partial charge in [-0.15, -0.1) is 0 Å². The SMILES string of the molecule is O=C(CCOCCc1cc(F)cc2c(=O)[nH]ncc12)N1CCN(c2ncc(C(F)(F)F)cn2)CC1. The van der Waals surface area contributed by atoms with Gasteiger partial charge < -0.3 is 14.5 Å². The Morgan fingerprint density at radius 3 is 2.43 bits per heavy atom. The molecule has 0 unspecified atom stereocenters. The maximum atomic E-state index is 13.8. The minimum absolute atomic E-state index is 0.107. The number of anilines is 1. The summed E-state index contributed by atoms with van der Waals surface area (Å²) in [6, 6.07) is 2.49. The van der Waals surface area contributed by atoms with E-state index < -0.39 is 23.1 Å². The van der Waals surface area contributed by atoms with Crippen LogP contribution in [0.2, 0.25) is 0 Å². The second kappa shape index (κ2) is 10.3. The first kappa shape index (κ1) is 24.5. The van der Waals surface area contributed by atoms with Crippen molar-refractivity contribution >= 4 is 22.6 Å². The first-order chi connectivity index (χ1) is 16.7. The number of benzene rings is 1. The largest absolute Gasteiger partial charge is 0.419 e. The van der Waals surface area contributed by atoms with Gasteiger partial charge in [-0.25, -0.2) is 19.5 Å². The Kier molecular flexibility index (Phi) is 7.24. The van der Waals surface area contributed by atoms with E-state index in [1.54, 1.807) is 9.80 Å². The molecule has 1 amide bonds. The van der Waals surface area contributed by atoms with Gasteiger partial charge in [0.2, 0.25) is 11.9 Å². The molecule has 35 heavy (non-hydrogen) atoms. The average molecular weight is 494 g/mol. The summed E-state index contributed by atoms with van der Waals surface area (Å²) >= 11 is 0. The summed E-state index contributed by atoms with van der Waals surface area (Å²) in [4.78, 5) is 35.2. The van der Waals surface area contributed by atoms with Crippen LogP contribution < -0.4 is 10.5 Å². The fourth-order valence-corrected chi connectivity index (χ4v) is 3.83. The standard InChI is InChI=1S/C22H22F4N6O3/c23-16-9-14(18-13-29-30-20(34)17(18)10-16)1-7-35-8-2-19(33)31-3-5-32(6-4-31)21-27-11-15(12-28-21)22(24,25)26/h9-13H,1-8H2,(H,30,34). The first-order valence-corrected chi connectivity index (χ1v) is 10.9. The number of nitrogens with one attached hydrogen (secondary N) is 1. The van der Waals surface area contributed by atoms with Crippen molar-refractivity contribution in [2.45, 2.75) is 19.0 Å². The molecule has 1 aliphatic heterocycles. The van der Waals surface area contributed by atoms with Gasteiger partial charge in [-0.2, -0.15) is 18.3 Å². The van der Waals surface area contributed by atoms with Crippen molar-refractivity contribution in [1.29, 1.82) is 0 Å². The van der Waals surface area contributed by atoms with Crippen molar-refractivity contribution in [3.8, 4) is 0 Å². The highest BCUT2D eigenvalue weighted by molar-refractivity contribution is 5.84. The Morgan fingerprint density at radius 2 is 1.74 bits per heavy atom. The van der Waals surface area contributed by atoms with Crippen molar-refractivity contribution in [3.05, 3.63) is 58.0 Å². The molecule has 0 aliphatic carbocycles. The molecule has 4 rings (SSSR count). The molecule has 186 valence electrons. The molecule has 1 aliphatic rings. The van der Waals surface area contributed by atoms with E-state index in [4.69, 9.17) is 4.74 Å². The molecule has 0 atom stereocenters. The monoisotopic (exact) mass is 494 g/mol. The number of hydrogen-bond donors (Lipinski definition) is 1. The van der Waals surface area contributed by atoms with Crippen LogP contribution in [0.1, 0.15) is 17.5 Å². The zero-order valence-electron chi connectivity index (χ0n) is 18.5. The third-order valence-corrected chi connectivity index (χ3v) is 5.69. The molecule has 1 N–H and O–H groups in total. The molecule has 0 radical (unpaired) electrons. The number of ether oxygens (including phenoxy) is 1. The van der Waals surface area contributed by atoms with Gasteiger partial charge in [0.15, 0.2) is 0 Å². The summed E-state index contributed by atoms with van der Waals surface area (Å²) in [6.45, 7) is 1.99. The van der Waals surface area contributed by atoms with Crippen LogP contribution in [0.4, 0.5) is 23.5 Å². The smallest absolute Gasteiger partial charge is 0.381 e. The molecule has 1 saturated heterocycles. The van der Waals surface area contributed by atoms with E-state index in [0.29, 0.717) is 43.5 Å². The first-order valence-electron chi connectivity index (χ1n) is 10.9. The highest BCUT2D eigenvalue weighted by Crippen LogP contribution is 2.28. The van der Waals surface area contributed by atoms with Crippen LogP contribution in [0.15, 0.2) is 35.5 Å². The lowest BCUT2D eigenvalue weighted by atomic mass is 10.1. The van der Waals surface area contributed by atoms with E-state index >= 15 is 0 Å². The number of aromatic nitrogens is 4. The van der Waals surface area contributed by atoms with E-state index in [9.17, 15) is 27.2 Å². The van der Waals surface area contributed by atoms with E-state index in [1.807, 2.05) is 0 Å². The van der Waals surface area contributed by atoms with Gasteiger partial charge in [-0.05, 0) is 24.1 Å². The third-order valence-electron chi connectivity index (χ3n) is 5.69. The van der Waals surface area contributed by atoms with Gasteiger partial charge in [-0.1, -0.05) is 0 Å². The average Bonchev–Trinajstić information content (AvgIpc) is 2.84. The lowest BCUT2D eigenvalue weighted by Crippen LogP contribution is -2.49. The molecule has 9 nitrogen and oxygen atoms in total. The molecule has 3 aromatic rings. The maximum Gasteiger partial charge on any atom is 0.419 e. The summed E-state index contributed by atoms with van der Waals surface area (Å²) in [5, 5.41) is 6.78. The Balaban J connectivity index is 1.20. The topological polar surface area (TPSA) is 104 Å². The molecule has 0 bridgehead atoms. The van der Waals surface area contributed by atoms with Gasteiger partial charge in [0.1, 0.15) is 5.82 Å². The minimum atomic E-state index is -4.49. The predicted octanol–water partition coefficient (Wildman–Crippen LogP) is 2.17. The van der Waals surface area contributed by atoms with Crippen LogP contribution in [0.25, 0.3) is 10.8 Å². The predicted molar refractivity (Wildman–Crippen MR) is 117 cm³/mol. The van der Waals surface area contributed by atoms with Crippen LogP contribution in [-0.4, -0.2) is 70.4 Å². The number of halogens is 4. The normalized spacial score (nSPS) is 14.5. The summed E-state index contributed by atoms with van der Waals surface area (Å²) in [5.74, 6) is -0.444.